The first-order valence-corrected chi connectivity index (χ1v) is 6.10. The van der Waals surface area contributed by atoms with Gasteiger partial charge in [0, 0.05) is 16.5 Å². The van der Waals surface area contributed by atoms with Crippen LogP contribution in [-0.4, -0.2) is 31.0 Å². The zero-order chi connectivity index (χ0) is 13.3. The van der Waals surface area contributed by atoms with Crippen LogP contribution in [0.5, 0.6) is 11.5 Å². The second-order valence-electron chi connectivity index (χ2n) is 5.08. The zero-order valence-corrected chi connectivity index (χ0v) is 11.1. The summed E-state index contributed by atoms with van der Waals surface area (Å²) in [6.45, 7) is 1.84. The molecule has 2 N–H and O–H groups in total. The maximum atomic E-state index is 10.5. The Bertz CT molecular complexity index is 444. The van der Waals surface area contributed by atoms with Gasteiger partial charge in [-0.2, -0.15) is 0 Å². The fraction of sp³-hybridized carbons (Fsp3) is 0.571. The standard InChI is InChI=1S/C14H20O4/c1-14(8-15)7-6-9-10(17-2)4-5-11(18-3)12(9)13(14)16/h4-5,13,15-16H,6-8H2,1-3H3/t13-,14+/m0/s1. The van der Waals surface area contributed by atoms with Crippen LogP contribution >= 0.6 is 0 Å². The topological polar surface area (TPSA) is 58.9 Å². The Morgan fingerprint density at radius 1 is 1.28 bits per heavy atom. The van der Waals surface area contributed by atoms with Gasteiger partial charge in [0.1, 0.15) is 11.5 Å². The van der Waals surface area contributed by atoms with E-state index in [1.54, 1.807) is 20.3 Å². The van der Waals surface area contributed by atoms with E-state index in [-0.39, 0.29) is 6.61 Å². The number of aliphatic hydroxyl groups is 2. The van der Waals surface area contributed by atoms with Crippen LogP contribution in [0.1, 0.15) is 30.6 Å². The van der Waals surface area contributed by atoms with Crippen molar-refractivity contribution in [3.05, 3.63) is 23.3 Å². The summed E-state index contributed by atoms with van der Waals surface area (Å²) in [6, 6.07) is 3.65. The van der Waals surface area contributed by atoms with Crippen LogP contribution in [0, 0.1) is 5.41 Å². The van der Waals surface area contributed by atoms with E-state index in [1.165, 1.54) is 0 Å². The quantitative estimate of drug-likeness (QED) is 0.859. The van der Waals surface area contributed by atoms with E-state index in [1.807, 2.05) is 13.0 Å². The molecular formula is C14H20O4. The third-order valence-electron chi connectivity index (χ3n) is 3.95. The molecule has 0 unspecified atom stereocenters. The molecule has 0 aromatic heterocycles. The minimum atomic E-state index is -0.740. The number of ether oxygens (including phenoxy) is 2. The third-order valence-corrected chi connectivity index (χ3v) is 3.95. The van der Waals surface area contributed by atoms with Crippen LogP contribution < -0.4 is 9.47 Å². The molecule has 2 rings (SSSR count). The maximum Gasteiger partial charge on any atom is 0.125 e. The molecular weight excluding hydrogens is 232 g/mol. The zero-order valence-electron chi connectivity index (χ0n) is 11.1. The summed E-state index contributed by atoms with van der Waals surface area (Å²) in [5.41, 5.74) is 1.21. The van der Waals surface area contributed by atoms with Gasteiger partial charge in [0.25, 0.3) is 0 Å². The van der Waals surface area contributed by atoms with E-state index in [4.69, 9.17) is 9.47 Å². The lowest BCUT2D eigenvalue weighted by Crippen LogP contribution is -2.34. The van der Waals surface area contributed by atoms with Crippen molar-refractivity contribution in [1.29, 1.82) is 0 Å². The molecule has 0 bridgehead atoms. The number of benzene rings is 1. The number of hydrogen-bond donors (Lipinski definition) is 2. The van der Waals surface area contributed by atoms with Crippen molar-refractivity contribution in [3.8, 4) is 11.5 Å². The van der Waals surface area contributed by atoms with Gasteiger partial charge in [0.2, 0.25) is 0 Å². The van der Waals surface area contributed by atoms with Crippen LogP contribution in [0.4, 0.5) is 0 Å². The highest BCUT2D eigenvalue weighted by molar-refractivity contribution is 5.52. The molecule has 0 heterocycles. The molecule has 1 aliphatic rings. The highest BCUT2D eigenvalue weighted by Gasteiger charge is 2.41. The fourth-order valence-corrected chi connectivity index (χ4v) is 2.61. The third kappa shape index (κ3) is 1.85. The molecule has 0 radical (unpaired) electrons. The van der Waals surface area contributed by atoms with E-state index in [2.05, 4.69) is 0 Å². The number of fused-ring (bicyclic) bond motifs is 1. The van der Waals surface area contributed by atoms with Crippen LogP contribution in [-0.2, 0) is 6.42 Å². The summed E-state index contributed by atoms with van der Waals surface area (Å²) < 4.78 is 10.7. The summed E-state index contributed by atoms with van der Waals surface area (Å²) >= 11 is 0. The SMILES string of the molecule is COc1ccc(OC)c2c1CC[C@](C)(CO)[C@H]2O. The Balaban J connectivity index is 2.58. The summed E-state index contributed by atoms with van der Waals surface area (Å²) in [7, 11) is 3.20. The predicted molar refractivity (Wildman–Crippen MR) is 68.0 cm³/mol. The second-order valence-corrected chi connectivity index (χ2v) is 5.08. The molecule has 1 aromatic carbocycles. The second kappa shape index (κ2) is 4.78. The predicted octanol–water partition coefficient (Wildman–Crippen LogP) is 1.68. The minimum Gasteiger partial charge on any atom is -0.496 e. The van der Waals surface area contributed by atoms with E-state index in [0.29, 0.717) is 5.75 Å². The van der Waals surface area contributed by atoms with Gasteiger partial charge in [0.05, 0.1) is 26.9 Å². The molecule has 0 fully saturated rings. The molecule has 0 aliphatic heterocycles. The van der Waals surface area contributed by atoms with Crippen molar-refractivity contribution in [2.45, 2.75) is 25.9 Å². The van der Waals surface area contributed by atoms with Crippen molar-refractivity contribution in [2.75, 3.05) is 20.8 Å². The molecule has 0 spiro atoms. The minimum absolute atomic E-state index is 0.0476. The molecule has 1 aliphatic carbocycles. The van der Waals surface area contributed by atoms with Crippen LogP contribution in [0.3, 0.4) is 0 Å². The average Bonchev–Trinajstić information content (AvgIpc) is 2.41. The normalized spacial score (nSPS) is 26.6. The van der Waals surface area contributed by atoms with Gasteiger partial charge in [-0.05, 0) is 25.0 Å². The van der Waals surface area contributed by atoms with Crippen molar-refractivity contribution < 1.29 is 19.7 Å². The summed E-state index contributed by atoms with van der Waals surface area (Å²) in [5.74, 6) is 1.42. The summed E-state index contributed by atoms with van der Waals surface area (Å²) in [6.07, 6.45) is 0.752. The molecule has 0 saturated heterocycles. The van der Waals surface area contributed by atoms with Gasteiger partial charge in [-0.1, -0.05) is 6.92 Å². The molecule has 100 valence electrons. The molecule has 0 saturated carbocycles. The first-order valence-electron chi connectivity index (χ1n) is 6.10. The number of methoxy groups -OCH3 is 2. The lowest BCUT2D eigenvalue weighted by molar-refractivity contribution is -0.0217. The summed E-state index contributed by atoms with van der Waals surface area (Å²) in [5, 5.41) is 20.0. The Morgan fingerprint density at radius 2 is 1.89 bits per heavy atom. The van der Waals surface area contributed by atoms with Crippen LogP contribution in [0.2, 0.25) is 0 Å². The smallest absolute Gasteiger partial charge is 0.125 e. The largest absolute Gasteiger partial charge is 0.496 e. The molecule has 4 nitrogen and oxygen atoms in total. The number of rotatable bonds is 3. The Hall–Kier alpha value is -1.26. The van der Waals surface area contributed by atoms with Crippen LogP contribution in [0.15, 0.2) is 12.1 Å². The van der Waals surface area contributed by atoms with Gasteiger partial charge < -0.3 is 19.7 Å². The Labute approximate surface area is 107 Å². The highest BCUT2D eigenvalue weighted by atomic mass is 16.5. The van der Waals surface area contributed by atoms with Gasteiger partial charge in [-0.15, -0.1) is 0 Å². The summed E-state index contributed by atoms with van der Waals surface area (Å²) in [4.78, 5) is 0. The monoisotopic (exact) mass is 252 g/mol. The van der Waals surface area contributed by atoms with Crippen molar-refractivity contribution in [1.82, 2.24) is 0 Å². The maximum absolute atomic E-state index is 10.5. The van der Waals surface area contributed by atoms with E-state index in [9.17, 15) is 10.2 Å². The highest BCUT2D eigenvalue weighted by Crippen LogP contribution is 2.49. The Morgan fingerprint density at radius 3 is 2.44 bits per heavy atom. The number of aliphatic hydroxyl groups excluding tert-OH is 2. The van der Waals surface area contributed by atoms with Crippen molar-refractivity contribution in [2.24, 2.45) is 5.41 Å². The molecule has 18 heavy (non-hydrogen) atoms. The van der Waals surface area contributed by atoms with Gasteiger partial charge in [-0.25, -0.2) is 0 Å². The molecule has 0 amide bonds. The van der Waals surface area contributed by atoms with E-state index >= 15 is 0 Å². The number of hydrogen-bond acceptors (Lipinski definition) is 4. The van der Waals surface area contributed by atoms with Gasteiger partial charge >= 0.3 is 0 Å². The molecule has 2 atom stereocenters. The van der Waals surface area contributed by atoms with Crippen LogP contribution in [0.25, 0.3) is 0 Å². The van der Waals surface area contributed by atoms with Gasteiger partial charge in [0.15, 0.2) is 0 Å². The lowest BCUT2D eigenvalue weighted by atomic mass is 9.70. The first-order chi connectivity index (χ1) is 8.57. The van der Waals surface area contributed by atoms with E-state index in [0.717, 1.165) is 29.7 Å². The average molecular weight is 252 g/mol. The molecule has 1 aromatic rings. The van der Waals surface area contributed by atoms with Gasteiger partial charge in [-0.3, -0.25) is 0 Å². The lowest BCUT2D eigenvalue weighted by Gasteiger charge is -2.39. The van der Waals surface area contributed by atoms with E-state index < -0.39 is 11.5 Å². The molecule has 4 heteroatoms. The van der Waals surface area contributed by atoms with Crippen molar-refractivity contribution in [3.63, 3.8) is 0 Å². The Kier molecular flexibility index (Phi) is 3.50. The fourth-order valence-electron chi connectivity index (χ4n) is 2.61. The van der Waals surface area contributed by atoms with Crippen molar-refractivity contribution >= 4 is 0 Å². The first kappa shape index (κ1) is 13.2.